The van der Waals surface area contributed by atoms with Gasteiger partial charge in [-0.15, -0.1) is 11.3 Å². The van der Waals surface area contributed by atoms with E-state index >= 15 is 0 Å². The van der Waals surface area contributed by atoms with Crippen LogP contribution >= 0.6 is 11.3 Å². The number of nitrogen functional groups attached to an aromatic ring is 1. The Hall–Kier alpha value is -1.62. The monoisotopic (exact) mass is 277 g/mol. The fraction of sp³-hybridized carbons (Fsp3) is 0.429. The molecule has 2 heterocycles. The molecule has 0 spiro atoms. The molecule has 0 fully saturated rings. The lowest BCUT2D eigenvalue weighted by atomic mass is 9.92. The second-order valence-electron chi connectivity index (χ2n) is 5.77. The van der Waals surface area contributed by atoms with Gasteiger partial charge in [0.25, 0.3) is 5.91 Å². The van der Waals surface area contributed by atoms with Crippen LogP contribution in [0.1, 0.15) is 36.9 Å². The number of rotatable bonds is 3. The van der Waals surface area contributed by atoms with Gasteiger partial charge in [-0.2, -0.15) is 0 Å². The summed E-state index contributed by atoms with van der Waals surface area (Å²) in [6.45, 7) is 7.11. The molecule has 0 unspecified atom stereocenters. The molecule has 1 amide bonds. The van der Waals surface area contributed by atoms with Gasteiger partial charge in [-0.05, 0) is 24.0 Å². The summed E-state index contributed by atoms with van der Waals surface area (Å²) in [6, 6.07) is 3.72. The van der Waals surface area contributed by atoms with E-state index in [1.54, 1.807) is 6.20 Å². The summed E-state index contributed by atoms with van der Waals surface area (Å²) in [5.41, 5.74) is 6.74. The maximum atomic E-state index is 12.1. The molecule has 19 heavy (non-hydrogen) atoms. The molecule has 0 aliphatic heterocycles. The van der Waals surface area contributed by atoms with Gasteiger partial charge in [0.1, 0.15) is 9.71 Å². The number of carbonyl (C=O) groups is 1. The maximum absolute atomic E-state index is 12.1. The van der Waals surface area contributed by atoms with Gasteiger partial charge < -0.3 is 11.1 Å². The van der Waals surface area contributed by atoms with Crippen molar-refractivity contribution in [2.45, 2.75) is 27.2 Å². The second-order valence-corrected chi connectivity index (χ2v) is 6.77. The summed E-state index contributed by atoms with van der Waals surface area (Å²) in [5.74, 6) is -0.107. The number of carbonyl (C=O) groups excluding carboxylic acids is 1. The highest BCUT2D eigenvalue weighted by Gasteiger charge is 2.17. The Morgan fingerprint density at radius 2 is 2.21 bits per heavy atom. The van der Waals surface area contributed by atoms with E-state index in [1.165, 1.54) is 11.3 Å². The van der Waals surface area contributed by atoms with Gasteiger partial charge in [0.2, 0.25) is 0 Å². The summed E-state index contributed by atoms with van der Waals surface area (Å²) < 4.78 is 0. The van der Waals surface area contributed by atoms with E-state index in [0.717, 1.165) is 16.6 Å². The number of anilines is 1. The van der Waals surface area contributed by atoms with E-state index in [0.29, 0.717) is 17.1 Å². The standard InChI is InChI=1S/C14H19N3OS/c1-14(2,3)6-8-16-12(18)11-10(15)9-5-4-7-17-13(9)19-11/h4-5,7H,6,8,15H2,1-3H3,(H,16,18). The molecule has 0 radical (unpaired) electrons. The Morgan fingerprint density at radius 1 is 1.47 bits per heavy atom. The first-order valence-corrected chi connectivity index (χ1v) is 7.11. The zero-order valence-corrected chi connectivity index (χ0v) is 12.3. The minimum atomic E-state index is -0.107. The number of nitrogens with two attached hydrogens (primary N) is 1. The Balaban J connectivity index is 2.11. The van der Waals surface area contributed by atoms with E-state index in [2.05, 4.69) is 31.1 Å². The molecule has 0 bridgehead atoms. The third kappa shape index (κ3) is 3.23. The fourth-order valence-electron chi connectivity index (χ4n) is 1.75. The Bertz CT molecular complexity index is 598. The van der Waals surface area contributed by atoms with Gasteiger partial charge in [0, 0.05) is 18.1 Å². The highest BCUT2D eigenvalue weighted by molar-refractivity contribution is 7.21. The molecule has 3 N–H and O–H groups in total. The van der Waals surface area contributed by atoms with Crippen LogP contribution in [0.25, 0.3) is 10.2 Å². The molecule has 2 aromatic heterocycles. The average molecular weight is 277 g/mol. The summed E-state index contributed by atoms with van der Waals surface area (Å²) in [5, 5.41) is 3.78. The number of fused-ring (bicyclic) bond motifs is 1. The molecule has 4 nitrogen and oxygen atoms in total. The second kappa shape index (κ2) is 5.17. The molecule has 5 heteroatoms. The van der Waals surface area contributed by atoms with Gasteiger partial charge in [0.05, 0.1) is 5.69 Å². The summed E-state index contributed by atoms with van der Waals surface area (Å²) in [7, 11) is 0. The fourth-order valence-corrected chi connectivity index (χ4v) is 2.73. The van der Waals surface area contributed by atoms with Crippen molar-refractivity contribution in [3.05, 3.63) is 23.2 Å². The topological polar surface area (TPSA) is 68.0 Å². The highest BCUT2D eigenvalue weighted by Crippen LogP contribution is 2.31. The predicted octanol–water partition coefficient (Wildman–Crippen LogP) is 3.04. The number of hydrogen-bond acceptors (Lipinski definition) is 4. The van der Waals surface area contributed by atoms with Crippen LogP contribution in [0.2, 0.25) is 0 Å². The lowest BCUT2D eigenvalue weighted by Crippen LogP contribution is -2.27. The summed E-state index contributed by atoms with van der Waals surface area (Å²) in [4.78, 5) is 17.7. The van der Waals surface area contributed by atoms with Crippen molar-refractivity contribution in [3.63, 3.8) is 0 Å². The molecule has 102 valence electrons. The zero-order chi connectivity index (χ0) is 14.0. The molecular formula is C14H19N3OS. The lowest BCUT2D eigenvalue weighted by molar-refractivity contribution is 0.0954. The zero-order valence-electron chi connectivity index (χ0n) is 11.5. The molecule has 0 atom stereocenters. The summed E-state index contributed by atoms with van der Waals surface area (Å²) in [6.07, 6.45) is 2.64. The van der Waals surface area contributed by atoms with Crippen LogP contribution in [0.3, 0.4) is 0 Å². The van der Waals surface area contributed by atoms with Crippen molar-refractivity contribution in [3.8, 4) is 0 Å². The van der Waals surface area contributed by atoms with Crippen molar-refractivity contribution in [1.82, 2.24) is 10.3 Å². The number of nitrogens with one attached hydrogen (secondary N) is 1. The first kappa shape index (κ1) is 13.8. The van der Waals surface area contributed by atoms with Gasteiger partial charge in [-0.1, -0.05) is 20.8 Å². The van der Waals surface area contributed by atoms with Gasteiger partial charge in [0.15, 0.2) is 0 Å². The van der Waals surface area contributed by atoms with Crippen LogP contribution in [0.5, 0.6) is 0 Å². The van der Waals surface area contributed by atoms with E-state index in [-0.39, 0.29) is 11.3 Å². The first-order chi connectivity index (χ1) is 8.88. The Morgan fingerprint density at radius 3 is 2.84 bits per heavy atom. The molecular weight excluding hydrogens is 258 g/mol. The molecule has 2 rings (SSSR count). The van der Waals surface area contributed by atoms with Crippen LogP contribution in [-0.2, 0) is 0 Å². The quantitative estimate of drug-likeness (QED) is 0.906. The summed E-state index contributed by atoms with van der Waals surface area (Å²) >= 11 is 1.34. The molecule has 0 saturated carbocycles. The van der Waals surface area contributed by atoms with Crippen molar-refractivity contribution >= 4 is 33.1 Å². The van der Waals surface area contributed by atoms with E-state index in [9.17, 15) is 4.79 Å². The van der Waals surface area contributed by atoms with Crippen LogP contribution in [0.15, 0.2) is 18.3 Å². The molecule has 2 aromatic rings. The van der Waals surface area contributed by atoms with E-state index < -0.39 is 0 Å². The number of hydrogen-bond donors (Lipinski definition) is 2. The number of amides is 1. The van der Waals surface area contributed by atoms with Crippen molar-refractivity contribution in [2.24, 2.45) is 5.41 Å². The molecule has 0 saturated heterocycles. The largest absolute Gasteiger partial charge is 0.397 e. The number of thiophene rings is 1. The average Bonchev–Trinajstić information content (AvgIpc) is 2.66. The van der Waals surface area contributed by atoms with Crippen LogP contribution in [0, 0.1) is 5.41 Å². The normalized spacial score (nSPS) is 11.7. The lowest BCUT2D eigenvalue weighted by Gasteiger charge is -2.17. The van der Waals surface area contributed by atoms with Gasteiger partial charge >= 0.3 is 0 Å². The SMILES string of the molecule is CC(C)(C)CCNC(=O)c1sc2ncccc2c1N. The molecule has 0 aliphatic rings. The van der Waals surface area contributed by atoms with E-state index in [4.69, 9.17) is 5.73 Å². The third-order valence-corrected chi connectivity index (χ3v) is 4.00. The minimum absolute atomic E-state index is 0.107. The molecule has 0 aliphatic carbocycles. The molecule has 0 aromatic carbocycles. The Labute approximate surface area is 117 Å². The highest BCUT2D eigenvalue weighted by atomic mass is 32.1. The van der Waals surface area contributed by atoms with Crippen molar-refractivity contribution in [2.75, 3.05) is 12.3 Å². The minimum Gasteiger partial charge on any atom is -0.397 e. The smallest absolute Gasteiger partial charge is 0.263 e. The van der Waals surface area contributed by atoms with Crippen LogP contribution in [0.4, 0.5) is 5.69 Å². The predicted molar refractivity (Wildman–Crippen MR) is 80.4 cm³/mol. The van der Waals surface area contributed by atoms with E-state index in [1.807, 2.05) is 12.1 Å². The Kier molecular flexibility index (Phi) is 3.75. The maximum Gasteiger partial charge on any atom is 0.263 e. The van der Waals surface area contributed by atoms with Crippen LogP contribution in [-0.4, -0.2) is 17.4 Å². The third-order valence-electron chi connectivity index (χ3n) is 2.87. The van der Waals surface area contributed by atoms with Crippen molar-refractivity contribution in [1.29, 1.82) is 0 Å². The number of nitrogens with zero attached hydrogens (tertiary/aromatic N) is 1. The van der Waals surface area contributed by atoms with Crippen molar-refractivity contribution < 1.29 is 4.79 Å². The number of aromatic nitrogens is 1. The van der Waals surface area contributed by atoms with Gasteiger partial charge in [-0.25, -0.2) is 4.98 Å². The van der Waals surface area contributed by atoms with Crippen LogP contribution < -0.4 is 11.1 Å². The van der Waals surface area contributed by atoms with Gasteiger partial charge in [-0.3, -0.25) is 4.79 Å². The number of pyridine rings is 1. The first-order valence-electron chi connectivity index (χ1n) is 6.30.